The van der Waals surface area contributed by atoms with Crippen molar-refractivity contribution in [2.75, 3.05) is 29.9 Å². The van der Waals surface area contributed by atoms with Crippen molar-refractivity contribution in [3.05, 3.63) is 59.7 Å². The molecule has 3 aromatic rings. The van der Waals surface area contributed by atoms with Crippen LogP contribution >= 0.6 is 0 Å². The molecule has 0 unspecified atom stereocenters. The quantitative estimate of drug-likeness (QED) is 0.485. The van der Waals surface area contributed by atoms with E-state index < -0.39 is 27.9 Å². The number of carbonyl (C=O) groups excluding carboxylic acids is 1. The molecule has 11 nitrogen and oxygen atoms in total. The molecular formula is C22H24F3N7O4S. The van der Waals surface area contributed by atoms with E-state index in [0.29, 0.717) is 24.5 Å². The van der Waals surface area contributed by atoms with Gasteiger partial charge in [0.25, 0.3) is 11.9 Å². The number of carbonyl (C=O) groups is 1. The Labute approximate surface area is 210 Å². The summed E-state index contributed by atoms with van der Waals surface area (Å²) in [4.78, 5) is 26.8. The smallest absolute Gasteiger partial charge is 0.416 e. The van der Waals surface area contributed by atoms with Crippen molar-refractivity contribution < 1.29 is 30.8 Å². The van der Waals surface area contributed by atoms with Crippen molar-refractivity contribution in [3.63, 3.8) is 0 Å². The SMILES string of the molecule is Cc1ccc(C(F)(F)F)cc1Nc1nc(C(=O)NS(=O)(=O)N2CCCN(c3ncccn3)[C@@H](C)C2)co1. The maximum Gasteiger partial charge on any atom is 0.416 e. The molecule has 1 amide bonds. The van der Waals surface area contributed by atoms with Gasteiger partial charge in [-0.3, -0.25) is 4.79 Å². The number of hydrogen-bond donors (Lipinski definition) is 2. The number of aryl methyl sites for hydroxylation is 1. The number of oxazole rings is 1. The van der Waals surface area contributed by atoms with E-state index >= 15 is 0 Å². The molecule has 0 spiro atoms. The van der Waals surface area contributed by atoms with E-state index in [1.807, 2.05) is 16.5 Å². The Kier molecular flexibility index (Phi) is 7.36. The number of rotatable bonds is 6. The molecule has 0 bridgehead atoms. The van der Waals surface area contributed by atoms with Crippen LogP contribution in [0.2, 0.25) is 0 Å². The first-order chi connectivity index (χ1) is 17.4. The minimum absolute atomic E-state index is 0.0711. The number of aromatic nitrogens is 3. The molecule has 0 aliphatic carbocycles. The van der Waals surface area contributed by atoms with Crippen LogP contribution in [-0.2, 0) is 16.4 Å². The molecule has 1 saturated heterocycles. The van der Waals surface area contributed by atoms with Crippen molar-refractivity contribution >= 4 is 33.8 Å². The number of alkyl halides is 3. The number of amides is 1. The van der Waals surface area contributed by atoms with Gasteiger partial charge in [-0.2, -0.15) is 30.9 Å². The Balaban J connectivity index is 1.43. The highest BCUT2D eigenvalue weighted by molar-refractivity contribution is 7.87. The van der Waals surface area contributed by atoms with Crippen LogP contribution in [0.3, 0.4) is 0 Å². The van der Waals surface area contributed by atoms with E-state index in [0.717, 1.165) is 22.7 Å². The normalized spacial score (nSPS) is 17.3. The summed E-state index contributed by atoms with van der Waals surface area (Å²) < 4.78 is 73.2. The monoisotopic (exact) mass is 539 g/mol. The highest BCUT2D eigenvalue weighted by Gasteiger charge is 2.33. The third-order valence-corrected chi connectivity index (χ3v) is 7.18. The van der Waals surface area contributed by atoms with E-state index in [2.05, 4.69) is 20.3 Å². The number of nitrogens with zero attached hydrogens (tertiary/aromatic N) is 5. The zero-order valence-electron chi connectivity index (χ0n) is 19.9. The Morgan fingerprint density at radius 2 is 1.92 bits per heavy atom. The largest absolute Gasteiger partial charge is 0.431 e. The van der Waals surface area contributed by atoms with Crippen LogP contribution < -0.4 is 14.9 Å². The molecule has 1 fully saturated rings. The summed E-state index contributed by atoms with van der Waals surface area (Å²) >= 11 is 0. The molecule has 0 radical (unpaired) electrons. The zero-order valence-corrected chi connectivity index (χ0v) is 20.7. The highest BCUT2D eigenvalue weighted by atomic mass is 32.2. The first-order valence-electron chi connectivity index (χ1n) is 11.2. The fourth-order valence-corrected chi connectivity index (χ4v) is 5.04. The minimum atomic E-state index is -4.55. The van der Waals surface area contributed by atoms with E-state index in [9.17, 15) is 26.4 Å². The van der Waals surface area contributed by atoms with Gasteiger partial charge in [-0.15, -0.1) is 0 Å². The van der Waals surface area contributed by atoms with Gasteiger partial charge in [-0.1, -0.05) is 6.07 Å². The summed E-state index contributed by atoms with van der Waals surface area (Å²) in [5.41, 5.74) is -0.690. The maximum absolute atomic E-state index is 13.0. The predicted molar refractivity (Wildman–Crippen MR) is 127 cm³/mol. The van der Waals surface area contributed by atoms with Crippen LogP contribution in [0.15, 0.2) is 47.3 Å². The van der Waals surface area contributed by atoms with Crippen molar-refractivity contribution in [1.82, 2.24) is 24.0 Å². The van der Waals surface area contributed by atoms with Gasteiger partial charge in [0, 0.05) is 43.8 Å². The number of halogens is 3. The van der Waals surface area contributed by atoms with E-state index in [4.69, 9.17) is 4.42 Å². The van der Waals surface area contributed by atoms with Gasteiger partial charge in [-0.25, -0.2) is 14.7 Å². The van der Waals surface area contributed by atoms with Gasteiger partial charge in [0.2, 0.25) is 5.95 Å². The molecule has 1 aromatic carbocycles. The maximum atomic E-state index is 13.0. The van der Waals surface area contributed by atoms with Gasteiger partial charge < -0.3 is 14.6 Å². The second-order valence-electron chi connectivity index (χ2n) is 8.43. The number of nitrogens with one attached hydrogen (secondary N) is 2. The second-order valence-corrected chi connectivity index (χ2v) is 10.1. The summed E-state index contributed by atoms with van der Waals surface area (Å²) in [6, 6.07) is 4.25. The molecule has 1 atom stereocenters. The molecule has 0 saturated carbocycles. The fourth-order valence-electron chi connectivity index (χ4n) is 3.79. The van der Waals surface area contributed by atoms with E-state index in [1.165, 1.54) is 6.07 Å². The number of benzene rings is 1. The molecule has 2 N–H and O–H groups in total. The zero-order chi connectivity index (χ0) is 26.8. The Hall–Kier alpha value is -3.72. The first kappa shape index (κ1) is 26.3. The van der Waals surface area contributed by atoms with Crippen LogP contribution in [0.5, 0.6) is 0 Å². The molecular weight excluding hydrogens is 515 g/mol. The van der Waals surface area contributed by atoms with Crippen molar-refractivity contribution in [3.8, 4) is 0 Å². The molecule has 15 heteroatoms. The molecule has 4 rings (SSSR count). The third-order valence-electron chi connectivity index (χ3n) is 5.72. The van der Waals surface area contributed by atoms with Gasteiger partial charge in [0.1, 0.15) is 6.26 Å². The van der Waals surface area contributed by atoms with Crippen LogP contribution in [-0.4, -0.2) is 59.3 Å². The number of hydrogen-bond acceptors (Lipinski definition) is 9. The third kappa shape index (κ3) is 6.17. The Morgan fingerprint density at radius 1 is 1.19 bits per heavy atom. The Bertz CT molecular complexity index is 1370. The van der Waals surface area contributed by atoms with Gasteiger partial charge >= 0.3 is 16.4 Å². The molecule has 37 heavy (non-hydrogen) atoms. The Morgan fingerprint density at radius 3 is 2.62 bits per heavy atom. The summed E-state index contributed by atoms with van der Waals surface area (Å²) in [6.45, 7) is 4.19. The molecule has 3 heterocycles. The van der Waals surface area contributed by atoms with Crippen molar-refractivity contribution in [1.29, 1.82) is 0 Å². The predicted octanol–water partition coefficient (Wildman–Crippen LogP) is 3.11. The lowest BCUT2D eigenvalue weighted by Crippen LogP contribution is -2.47. The van der Waals surface area contributed by atoms with E-state index in [-0.39, 0.29) is 36.5 Å². The minimum Gasteiger partial charge on any atom is -0.431 e. The van der Waals surface area contributed by atoms with Gasteiger partial charge in [0.05, 0.1) is 5.56 Å². The van der Waals surface area contributed by atoms with E-state index in [1.54, 1.807) is 25.4 Å². The lowest BCUT2D eigenvalue weighted by atomic mass is 10.1. The standard InChI is InChI=1S/C22H24F3N7O4S/c1-14-5-6-16(22(23,24)25)11-17(14)28-21-29-18(13-36-21)19(33)30-37(34,35)31-9-4-10-32(15(2)12-31)20-26-7-3-8-27-20/h3,5-8,11,13,15H,4,9-10,12H2,1-2H3,(H,28,29)(H,30,33)/t15-/m0/s1. The van der Waals surface area contributed by atoms with Crippen LogP contribution in [0.25, 0.3) is 0 Å². The molecule has 1 aliphatic heterocycles. The van der Waals surface area contributed by atoms with Crippen LogP contribution in [0.4, 0.5) is 30.8 Å². The molecule has 2 aromatic heterocycles. The van der Waals surface area contributed by atoms with Crippen LogP contribution in [0, 0.1) is 6.92 Å². The average molecular weight is 540 g/mol. The highest BCUT2D eigenvalue weighted by Crippen LogP contribution is 2.33. The average Bonchev–Trinajstić information content (AvgIpc) is 3.21. The topological polar surface area (TPSA) is 134 Å². The summed E-state index contributed by atoms with van der Waals surface area (Å²) in [5, 5.41) is 2.59. The lowest BCUT2D eigenvalue weighted by Gasteiger charge is -2.28. The van der Waals surface area contributed by atoms with Gasteiger partial charge in [-0.05, 0) is 44.0 Å². The summed E-state index contributed by atoms with van der Waals surface area (Å²) in [5.74, 6) is -0.561. The fraction of sp³-hybridized carbons (Fsp3) is 0.364. The first-order valence-corrected chi connectivity index (χ1v) is 12.6. The van der Waals surface area contributed by atoms with Gasteiger partial charge in [0.15, 0.2) is 5.69 Å². The van der Waals surface area contributed by atoms with Crippen molar-refractivity contribution in [2.24, 2.45) is 0 Å². The summed E-state index contributed by atoms with van der Waals surface area (Å²) in [6.07, 6.45) is 0.0475. The molecule has 1 aliphatic rings. The van der Waals surface area contributed by atoms with Crippen molar-refractivity contribution in [2.45, 2.75) is 32.5 Å². The summed E-state index contributed by atoms with van der Waals surface area (Å²) in [7, 11) is -4.23. The van der Waals surface area contributed by atoms with Crippen LogP contribution in [0.1, 0.15) is 35.0 Å². The lowest BCUT2D eigenvalue weighted by molar-refractivity contribution is -0.137. The second kappa shape index (κ2) is 10.3. The number of anilines is 3. The molecule has 198 valence electrons.